The molecule has 13 N–H and O–H groups in total. The number of carboxylic acid groups (broad SMARTS) is 4. The second-order valence-corrected chi connectivity index (χ2v) is 8.99. The molecule has 20 nitrogen and oxygen atoms in total. The number of amides is 5. The number of hydrogen-bond donors (Lipinski definition) is 11. The predicted molar refractivity (Wildman–Crippen MR) is 135 cm³/mol. The quantitative estimate of drug-likeness (QED) is 0.0616. The van der Waals surface area contributed by atoms with Gasteiger partial charge in [-0.15, -0.1) is 0 Å². The highest BCUT2D eigenvalue weighted by Gasteiger charge is 2.34. The average Bonchev–Trinajstić information content (AvgIpc) is 2.85. The SMILES string of the molecule is C[C@@H](O)[C@H](NC(=O)[C@H](CCC(=O)O)NC(=O)[C@H](CC(N)=O)NC(=O)[C@H](CC(=O)O)NC(=O)[C@@H](N)CCC(=O)O)C(=O)O. The fourth-order valence-corrected chi connectivity index (χ4v) is 3.21. The predicted octanol–water partition coefficient (Wildman–Crippen LogP) is -5.20. The van der Waals surface area contributed by atoms with Crippen LogP contribution in [0.3, 0.4) is 0 Å². The monoisotopic (exact) mass is 606 g/mol. The summed E-state index contributed by atoms with van der Waals surface area (Å²) in [6.45, 7) is 1.04. The van der Waals surface area contributed by atoms with Crippen LogP contribution < -0.4 is 32.7 Å². The van der Waals surface area contributed by atoms with E-state index in [1.807, 2.05) is 21.3 Å². The highest BCUT2D eigenvalue weighted by Crippen LogP contribution is 2.05. The van der Waals surface area contributed by atoms with E-state index in [1.165, 1.54) is 0 Å². The van der Waals surface area contributed by atoms with Crippen molar-refractivity contribution in [1.29, 1.82) is 0 Å². The van der Waals surface area contributed by atoms with Gasteiger partial charge in [0.2, 0.25) is 29.5 Å². The summed E-state index contributed by atoms with van der Waals surface area (Å²) in [6.07, 6.45) is -5.80. The van der Waals surface area contributed by atoms with E-state index in [2.05, 4.69) is 0 Å². The number of rotatable bonds is 20. The molecule has 0 heterocycles. The van der Waals surface area contributed by atoms with E-state index in [0.717, 1.165) is 6.92 Å². The standard InChI is InChI=1S/C22H34N6O14/c1-8(29)17(22(41)42)28-19(38)10(3-5-15(33)34)25-20(39)11(6-13(24)30)27-21(40)12(7-16(35)36)26-18(37)9(23)2-4-14(31)32/h8-12,17,29H,2-7,23H2,1H3,(H2,24,30)(H,25,39)(H,26,37)(H,27,40)(H,28,38)(H,31,32)(H,33,34)(H,35,36)(H,41,42)/t8-,9+,10+,11+,12+,17+/m1/s1. The van der Waals surface area contributed by atoms with Crippen molar-refractivity contribution in [1.82, 2.24) is 21.3 Å². The fourth-order valence-electron chi connectivity index (χ4n) is 3.21. The first kappa shape index (κ1) is 37.1. The zero-order valence-corrected chi connectivity index (χ0v) is 22.3. The molecule has 0 fully saturated rings. The molecule has 0 radical (unpaired) electrons. The largest absolute Gasteiger partial charge is 0.481 e. The number of nitrogens with one attached hydrogen (secondary N) is 4. The Bertz CT molecular complexity index is 1060. The molecule has 236 valence electrons. The first-order valence-electron chi connectivity index (χ1n) is 12.2. The molecule has 0 aromatic rings. The van der Waals surface area contributed by atoms with Gasteiger partial charge in [-0.25, -0.2) is 4.79 Å². The minimum Gasteiger partial charge on any atom is -0.481 e. The first-order chi connectivity index (χ1) is 19.3. The number of aliphatic hydroxyl groups is 1. The van der Waals surface area contributed by atoms with Gasteiger partial charge >= 0.3 is 23.9 Å². The van der Waals surface area contributed by atoms with Crippen LogP contribution in [0.25, 0.3) is 0 Å². The third-order valence-electron chi connectivity index (χ3n) is 5.38. The van der Waals surface area contributed by atoms with E-state index in [9.17, 15) is 48.3 Å². The van der Waals surface area contributed by atoms with Gasteiger partial charge in [-0.05, 0) is 19.8 Å². The fraction of sp³-hybridized carbons (Fsp3) is 0.591. The van der Waals surface area contributed by atoms with E-state index in [4.69, 9.17) is 31.9 Å². The van der Waals surface area contributed by atoms with Crippen LogP contribution in [-0.2, 0) is 43.2 Å². The Kier molecular flexibility index (Phi) is 15.7. The summed E-state index contributed by atoms with van der Waals surface area (Å²) < 4.78 is 0. The minimum atomic E-state index is -1.91. The Hall–Kier alpha value is -4.85. The third kappa shape index (κ3) is 14.5. The van der Waals surface area contributed by atoms with Crippen molar-refractivity contribution in [3.8, 4) is 0 Å². The number of hydrogen-bond acceptors (Lipinski definition) is 11. The number of carbonyl (C=O) groups excluding carboxylic acids is 5. The zero-order valence-electron chi connectivity index (χ0n) is 22.3. The smallest absolute Gasteiger partial charge is 0.328 e. The summed E-state index contributed by atoms with van der Waals surface area (Å²) in [6, 6.07) is -8.87. The number of aliphatic hydroxyl groups excluding tert-OH is 1. The number of carbonyl (C=O) groups is 9. The molecular formula is C22H34N6O14. The maximum atomic E-state index is 12.9. The van der Waals surface area contributed by atoms with Gasteiger partial charge in [0.15, 0.2) is 6.04 Å². The Morgan fingerprint density at radius 3 is 1.48 bits per heavy atom. The van der Waals surface area contributed by atoms with Crippen molar-refractivity contribution in [2.24, 2.45) is 11.5 Å². The number of primary amides is 1. The molecular weight excluding hydrogens is 572 g/mol. The van der Waals surface area contributed by atoms with Crippen LogP contribution in [-0.4, -0.2) is 115 Å². The molecule has 20 heteroatoms. The van der Waals surface area contributed by atoms with E-state index in [1.54, 1.807) is 0 Å². The third-order valence-corrected chi connectivity index (χ3v) is 5.38. The molecule has 0 rings (SSSR count). The Labute approximate surface area is 237 Å². The molecule has 6 atom stereocenters. The zero-order chi connectivity index (χ0) is 32.7. The highest BCUT2D eigenvalue weighted by molar-refractivity contribution is 5.98. The van der Waals surface area contributed by atoms with Crippen LogP contribution in [0.15, 0.2) is 0 Å². The van der Waals surface area contributed by atoms with Crippen LogP contribution in [0, 0.1) is 0 Å². The molecule has 0 saturated heterocycles. The maximum Gasteiger partial charge on any atom is 0.328 e. The van der Waals surface area contributed by atoms with Gasteiger partial charge < -0.3 is 58.3 Å². The lowest BCUT2D eigenvalue weighted by Crippen LogP contribution is -2.60. The molecule has 0 aliphatic heterocycles. The number of nitrogens with two attached hydrogens (primary N) is 2. The van der Waals surface area contributed by atoms with E-state index < -0.39 is 122 Å². The van der Waals surface area contributed by atoms with Crippen molar-refractivity contribution in [3.63, 3.8) is 0 Å². The molecule has 0 aliphatic carbocycles. The van der Waals surface area contributed by atoms with Crippen molar-refractivity contribution < 1.29 is 68.7 Å². The lowest BCUT2D eigenvalue weighted by Gasteiger charge is -2.26. The van der Waals surface area contributed by atoms with Gasteiger partial charge in [0, 0.05) is 12.8 Å². The van der Waals surface area contributed by atoms with Crippen molar-refractivity contribution >= 4 is 53.4 Å². The highest BCUT2D eigenvalue weighted by atomic mass is 16.4. The lowest BCUT2D eigenvalue weighted by molar-refractivity contribution is -0.145. The van der Waals surface area contributed by atoms with Crippen LogP contribution in [0.5, 0.6) is 0 Å². The van der Waals surface area contributed by atoms with E-state index in [-0.39, 0.29) is 6.42 Å². The van der Waals surface area contributed by atoms with Gasteiger partial charge in [-0.3, -0.25) is 38.4 Å². The van der Waals surface area contributed by atoms with Gasteiger partial charge in [0.1, 0.15) is 18.1 Å². The minimum absolute atomic E-state index is 0.368. The Balaban J connectivity index is 5.93. The second kappa shape index (κ2) is 17.8. The molecule has 0 aromatic heterocycles. The Morgan fingerprint density at radius 2 is 1.05 bits per heavy atom. The summed E-state index contributed by atoms with van der Waals surface area (Å²) in [5.74, 6) is -12.1. The topological polar surface area (TPSA) is 355 Å². The summed E-state index contributed by atoms with van der Waals surface area (Å²) in [5.41, 5.74) is 10.7. The van der Waals surface area contributed by atoms with Crippen LogP contribution in [0.1, 0.15) is 45.4 Å². The van der Waals surface area contributed by atoms with Crippen molar-refractivity contribution in [3.05, 3.63) is 0 Å². The normalized spacial score (nSPS) is 14.9. The molecule has 0 aromatic carbocycles. The summed E-state index contributed by atoms with van der Waals surface area (Å²) in [4.78, 5) is 107. The van der Waals surface area contributed by atoms with Crippen molar-refractivity contribution in [2.75, 3.05) is 0 Å². The van der Waals surface area contributed by atoms with Crippen LogP contribution in [0.4, 0.5) is 0 Å². The first-order valence-corrected chi connectivity index (χ1v) is 12.2. The second-order valence-electron chi connectivity index (χ2n) is 8.99. The summed E-state index contributed by atoms with van der Waals surface area (Å²) >= 11 is 0. The molecule has 5 amide bonds. The average molecular weight is 607 g/mol. The van der Waals surface area contributed by atoms with Gasteiger partial charge in [0.05, 0.1) is 25.0 Å². The number of aliphatic carboxylic acids is 4. The van der Waals surface area contributed by atoms with Crippen LogP contribution >= 0.6 is 0 Å². The van der Waals surface area contributed by atoms with Crippen molar-refractivity contribution in [2.45, 2.75) is 81.8 Å². The van der Waals surface area contributed by atoms with Gasteiger partial charge in [0.25, 0.3) is 0 Å². The van der Waals surface area contributed by atoms with E-state index in [0.29, 0.717) is 0 Å². The summed E-state index contributed by atoms with van der Waals surface area (Å²) in [7, 11) is 0. The van der Waals surface area contributed by atoms with Gasteiger partial charge in [-0.2, -0.15) is 0 Å². The van der Waals surface area contributed by atoms with E-state index >= 15 is 0 Å². The molecule has 0 bridgehead atoms. The lowest BCUT2D eigenvalue weighted by atomic mass is 10.1. The maximum absolute atomic E-state index is 12.9. The molecule has 0 aliphatic rings. The molecule has 0 unspecified atom stereocenters. The number of carboxylic acids is 4. The summed E-state index contributed by atoms with van der Waals surface area (Å²) in [5, 5.41) is 53.5. The molecule has 0 saturated carbocycles. The Morgan fingerprint density at radius 1 is 0.619 bits per heavy atom. The van der Waals surface area contributed by atoms with Crippen LogP contribution in [0.2, 0.25) is 0 Å². The molecule has 42 heavy (non-hydrogen) atoms. The van der Waals surface area contributed by atoms with Gasteiger partial charge in [-0.1, -0.05) is 0 Å². The molecule has 0 spiro atoms.